The van der Waals surface area contributed by atoms with Gasteiger partial charge in [0.05, 0.1) is 6.10 Å². The fourth-order valence-electron chi connectivity index (χ4n) is 6.95. The molecule has 0 amide bonds. The van der Waals surface area contributed by atoms with Crippen molar-refractivity contribution < 1.29 is 5.11 Å². The molecule has 1 heterocycles. The lowest BCUT2D eigenvalue weighted by molar-refractivity contribution is -0.186. The summed E-state index contributed by atoms with van der Waals surface area (Å²) in [7, 11) is 0. The van der Waals surface area contributed by atoms with Crippen LogP contribution in [0.4, 0.5) is 0 Å². The van der Waals surface area contributed by atoms with Crippen LogP contribution in [-0.4, -0.2) is 11.2 Å². The normalized spacial score (nSPS) is 46.0. The summed E-state index contributed by atoms with van der Waals surface area (Å²) in [5.41, 5.74) is 1.26. The van der Waals surface area contributed by atoms with Gasteiger partial charge >= 0.3 is 0 Å². The van der Waals surface area contributed by atoms with Crippen LogP contribution < -0.4 is 0 Å². The summed E-state index contributed by atoms with van der Waals surface area (Å²) >= 11 is 1.83. The van der Waals surface area contributed by atoms with E-state index in [0.29, 0.717) is 10.8 Å². The van der Waals surface area contributed by atoms with Gasteiger partial charge in [-0.3, -0.25) is 0 Å². The van der Waals surface area contributed by atoms with E-state index >= 15 is 0 Å². The third-order valence-electron chi connectivity index (χ3n) is 6.62. The standard InChI is InChI=1S/C19H28OS/c1-17-8-14-9-18(2,11-17)13-19(10-14,12-17)16(20)6-5-15-4-3-7-21-15/h3-4,7,14,16,20H,5-6,8-13H2,1-2H3. The maximum absolute atomic E-state index is 11.0. The van der Waals surface area contributed by atoms with E-state index in [1.807, 2.05) is 11.3 Å². The fourth-order valence-corrected chi connectivity index (χ4v) is 7.67. The van der Waals surface area contributed by atoms with E-state index in [9.17, 15) is 5.11 Å². The molecular weight excluding hydrogens is 276 g/mol. The number of thiophene rings is 1. The Kier molecular flexibility index (Phi) is 3.11. The van der Waals surface area contributed by atoms with Crippen molar-refractivity contribution in [3.05, 3.63) is 22.4 Å². The van der Waals surface area contributed by atoms with Crippen LogP contribution in [0.25, 0.3) is 0 Å². The average molecular weight is 304 g/mol. The lowest BCUT2D eigenvalue weighted by atomic mass is 9.39. The van der Waals surface area contributed by atoms with Crippen molar-refractivity contribution in [3.8, 4) is 0 Å². The molecule has 1 aromatic rings. The predicted octanol–water partition coefficient (Wildman–Crippen LogP) is 5.04. The first-order chi connectivity index (χ1) is 9.91. The number of aryl methyl sites for hydroxylation is 1. The van der Waals surface area contributed by atoms with Crippen LogP contribution in [-0.2, 0) is 6.42 Å². The SMILES string of the molecule is CC12CC3CC(C)(C1)CC(C(O)CCc1cccs1)(C3)C2. The summed E-state index contributed by atoms with van der Waals surface area (Å²) in [5.74, 6) is 0.882. The van der Waals surface area contributed by atoms with Crippen LogP contribution in [0.3, 0.4) is 0 Å². The first-order valence-electron chi connectivity index (χ1n) is 8.61. The summed E-state index contributed by atoms with van der Waals surface area (Å²) < 4.78 is 0. The van der Waals surface area contributed by atoms with Crippen molar-refractivity contribution in [2.45, 2.75) is 71.3 Å². The Hall–Kier alpha value is -0.340. The maximum Gasteiger partial charge on any atom is 0.0600 e. The van der Waals surface area contributed by atoms with E-state index in [-0.39, 0.29) is 11.5 Å². The van der Waals surface area contributed by atoms with Crippen molar-refractivity contribution in [3.63, 3.8) is 0 Å². The monoisotopic (exact) mass is 304 g/mol. The number of aliphatic hydroxyl groups is 1. The topological polar surface area (TPSA) is 20.2 Å². The second-order valence-electron chi connectivity index (χ2n) is 9.13. The largest absolute Gasteiger partial charge is 0.393 e. The van der Waals surface area contributed by atoms with Crippen molar-refractivity contribution >= 4 is 11.3 Å². The molecule has 1 N–H and O–H groups in total. The van der Waals surface area contributed by atoms with Crippen LogP contribution in [0.5, 0.6) is 0 Å². The molecule has 4 bridgehead atoms. The van der Waals surface area contributed by atoms with Gasteiger partial charge in [-0.2, -0.15) is 0 Å². The van der Waals surface area contributed by atoms with E-state index in [1.165, 1.54) is 43.4 Å². The molecule has 2 heteroatoms. The first-order valence-corrected chi connectivity index (χ1v) is 9.49. The first kappa shape index (κ1) is 14.3. The lowest BCUT2D eigenvalue weighted by Crippen LogP contribution is -2.58. The Labute approximate surface area is 132 Å². The number of hydrogen-bond acceptors (Lipinski definition) is 2. The van der Waals surface area contributed by atoms with Gasteiger partial charge in [0, 0.05) is 4.88 Å². The second-order valence-corrected chi connectivity index (χ2v) is 10.2. The third-order valence-corrected chi connectivity index (χ3v) is 7.56. The number of rotatable bonds is 4. The molecule has 0 radical (unpaired) electrons. The smallest absolute Gasteiger partial charge is 0.0600 e. The summed E-state index contributed by atoms with van der Waals surface area (Å²) in [6.07, 6.45) is 10.00. The zero-order valence-corrected chi connectivity index (χ0v) is 14.2. The lowest BCUT2D eigenvalue weighted by Gasteiger charge is -2.66. The highest BCUT2D eigenvalue weighted by Crippen LogP contribution is 2.70. The van der Waals surface area contributed by atoms with E-state index < -0.39 is 0 Å². The van der Waals surface area contributed by atoms with Gasteiger partial charge in [0.25, 0.3) is 0 Å². The molecule has 5 rings (SSSR count). The summed E-state index contributed by atoms with van der Waals surface area (Å²) in [4.78, 5) is 1.43. The molecule has 3 unspecified atom stereocenters. The summed E-state index contributed by atoms with van der Waals surface area (Å²) in [6.45, 7) is 4.99. The van der Waals surface area contributed by atoms with Crippen LogP contribution in [0.1, 0.15) is 63.7 Å². The van der Waals surface area contributed by atoms with Crippen molar-refractivity contribution in [2.75, 3.05) is 0 Å². The third kappa shape index (κ3) is 2.39. The van der Waals surface area contributed by atoms with Crippen molar-refractivity contribution in [1.29, 1.82) is 0 Å². The van der Waals surface area contributed by atoms with Crippen LogP contribution in [0, 0.1) is 22.2 Å². The molecule has 0 saturated heterocycles. The van der Waals surface area contributed by atoms with Gasteiger partial charge in [0.2, 0.25) is 0 Å². The van der Waals surface area contributed by atoms with E-state index in [2.05, 4.69) is 31.4 Å². The van der Waals surface area contributed by atoms with Gasteiger partial charge in [-0.25, -0.2) is 0 Å². The van der Waals surface area contributed by atoms with Gasteiger partial charge in [-0.05, 0) is 85.0 Å². The van der Waals surface area contributed by atoms with Gasteiger partial charge in [0.1, 0.15) is 0 Å². The Balaban J connectivity index is 1.53. The highest BCUT2D eigenvalue weighted by Gasteiger charge is 2.61. The highest BCUT2D eigenvalue weighted by molar-refractivity contribution is 7.09. The Morgan fingerprint density at radius 1 is 1.19 bits per heavy atom. The van der Waals surface area contributed by atoms with Gasteiger partial charge in [0.15, 0.2) is 0 Å². The Bertz CT molecular complexity index is 502. The zero-order valence-electron chi connectivity index (χ0n) is 13.4. The molecule has 1 nitrogen and oxygen atoms in total. The molecule has 4 aliphatic carbocycles. The Morgan fingerprint density at radius 2 is 1.90 bits per heavy atom. The number of aliphatic hydroxyl groups excluding tert-OH is 1. The molecule has 4 aliphatic rings. The quantitative estimate of drug-likeness (QED) is 0.826. The molecule has 4 fully saturated rings. The van der Waals surface area contributed by atoms with Crippen LogP contribution in [0.15, 0.2) is 17.5 Å². The predicted molar refractivity (Wildman–Crippen MR) is 88.5 cm³/mol. The van der Waals surface area contributed by atoms with Crippen molar-refractivity contribution in [1.82, 2.24) is 0 Å². The molecule has 116 valence electrons. The van der Waals surface area contributed by atoms with Crippen LogP contribution in [0.2, 0.25) is 0 Å². The Morgan fingerprint density at radius 3 is 2.48 bits per heavy atom. The second kappa shape index (κ2) is 4.58. The molecule has 0 spiro atoms. The number of hydrogen-bond donors (Lipinski definition) is 1. The molecule has 21 heavy (non-hydrogen) atoms. The molecule has 1 aromatic heterocycles. The maximum atomic E-state index is 11.0. The molecular formula is C19H28OS. The van der Waals surface area contributed by atoms with E-state index in [4.69, 9.17) is 0 Å². The summed E-state index contributed by atoms with van der Waals surface area (Å²) in [5, 5.41) is 13.2. The summed E-state index contributed by atoms with van der Waals surface area (Å²) in [6, 6.07) is 4.33. The minimum Gasteiger partial charge on any atom is -0.393 e. The average Bonchev–Trinajstić information content (AvgIpc) is 2.84. The van der Waals surface area contributed by atoms with Gasteiger partial charge in [-0.15, -0.1) is 11.3 Å². The zero-order chi connectivity index (χ0) is 14.7. The molecule has 0 aliphatic heterocycles. The van der Waals surface area contributed by atoms with Crippen molar-refractivity contribution in [2.24, 2.45) is 22.2 Å². The molecule has 0 aromatic carbocycles. The minimum absolute atomic E-state index is 0.0957. The molecule has 3 atom stereocenters. The minimum atomic E-state index is -0.0957. The highest BCUT2D eigenvalue weighted by atomic mass is 32.1. The van der Waals surface area contributed by atoms with Crippen LogP contribution >= 0.6 is 11.3 Å². The van der Waals surface area contributed by atoms with E-state index in [0.717, 1.165) is 18.8 Å². The molecule has 4 saturated carbocycles. The van der Waals surface area contributed by atoms with Gasteiger partial charge in [-0.1, -0.05) is 19.9 Å². The fraction of sp³-hybridized carbons (Fsp3) is 0.789. The van der Waals surface area contributed by atoms with E-state index in [1.54, 1.807) is 0 Å². The van der Waals surface area contributed by atoms with Gasteiger partial charge < -0.3 is 5.11 Å².